The van der Waals surface area contributed by atoms with Crippen molar-refractivity contribution in [3.63, 3.8) is 0 Å². The lowest BCUT2D eigenvalue weighted by Crippen LogP contribution is -2.41. The van der Waals surface area contributed by atoms with Crippen LogP contribution in [0.15, 0.2) is 101 Å². The van der Waals surface area contributed by atoms with Gasteiger partial charge in [-0.15, -0.1) is 0 Å². The first-order valence-electron chi connectivity index (χ1n) is 13.1. The Balaban J connectivity index is 1.43. The third-order valence-electron chi connectivity index (χ3n) is 7.34. The maximum Gasteiger partial charge on any atom is 0.247 e. The number of hydrogen-bond acceptors (Lipinski definition) is 7. The zero-order valence-electron chi connectivity index (χ0n) is 22.5. The number of phenolic OH excluding ortho intramolecular Hbond substituents is 1. The van der Waals surface area contributed by atoms with Crippen molar-refractivity contribution in [3.8, 4) is 16.9 Å². The average molecular weight is 570 g/mol. The number of phenols is 1. The Hall–Kier alpha value is -4.67. The number of aromatic hydroxyl groups is 1. The first kappa shape index (κ1) is 27.9. The number of anilines is 3. The number of carbonyl (C=O) groups excluding carboxylic acids is 1. The molecule has 1 heterocycles. The number of carbonyl (C=O) groups is 1. The van der Waals surface area contributed by atoms with Gasteiger partial charge < -0.3 is 15.3 Å². The molecule has 1 fully saturated rings. The van der Waals surface area contributed by atoms with Crippen molar-refractivity contribution < 1.29 is 18.3 Å². The molecule has 4 aromatic rings. The lowest BCUT2D eigenvalue weighted by molar-refractivity contribution is -0.117. The predicted octanol–water partition coefficient (Wildman–Crippen LogP) is 5.39. The van der Waals surface area contributed by atoms with Crippen LogP contribution in [0.4, 0.5) is 17.1 Å². The summed E-state index contributed by atoms with van der Waals surface area (Å²) in [5, 5.41) is 22.1. The smallest absolute Gasteiger partial charge is 0.247 e. The second-order valence-electron chi connectivity index (χ2n) is 9.98. The monoisotopic (exact) mass is 569 g/mol. The summed E-state index contributed by atoms with van der Waals surface area (Å²) in [6.07, 6.45) is 1.36. The van der Waals surface area contributed by atoms with E-state index < -0.39 is 16.1 Å². The van der Waals surface area contributed by atoms with Crippen molar-refractivity contribution in [2.45, 2.75) is 36.7 Å². The number of aryl methyl sites for hydroxylation is 1. The van der Waals surface area contributed by atoms with Crippen molar-refractivity contribution in [1.82, 2.24) is 0 Å². The summed E-state index contributed by atoms with van der Waals surface area (Å²) in [6.45, 7) is 5.49. The second kappa shape index (κ2) is 11.4. The molecule has 2 atom stereocenters. The minimum Gasteiger partial charge on any atom is -0.508 e. The maximum absolute atomic E-state index is 13.7. The molecule has 41 heavy (non-hydrogen) atoms. The molecule has 0 saturated carbocycles. The number of benzene rings is 4. The van der Waals surface area contributed by atoms with Gasteiger partial charge in [0.1, 0.15) is 11.8 Å². The van der Waals surface area contributed by atoms with E-state index in [1.54, 1.807) is 54.6 Å². The van der Waals surface area contributed by atoms with E-state index in [9.17, 15) is 18.3 Å². The van der Waals surface area contributed by atoms with Crippen LogP contribution >= 0.6 is 0 Å². The largest absolute Gasteiger partial charge is 0.508 e. The molecule has 5 rings (SSSR count). The Bertz CT molecular complexity index is 1690. The van der Waals surface area contributed by atoms with Crippen LogP contribution in [0.5, 0.6) is 5.75 Å². The van der Waals surface area contributed by atoms with E-state index in [1.807, 2.05) is 37.3 Å². The molecule has 1 aliphatic rings. The summed E-state index contributed by atoms with van der Waals surface area (Å²) in [7, 11) is -3.90. The Labute approximate surface area is 239 Å². The molecule has 0 bridgehead atoms. The highest BCUT2D eigenvalue weighted by molar-refractivity contribution is 7.89. The Morgan fingerprint density at radius 1 is 1.00 bits per heavy atom. The van der Waals surface area contributed by atoms with Gasteiger partial charge in [-0.05, 0) is 78.9 Å². The molecule has 0 aliphatic carbocycles. The summed E-state index contributed by atoms with van der Waals surface area (Å²) in [6, 6.07) is 26.0. The van der Waals surface area contributed by atoms with Gasteiger partial charge in [0.2, 0.25) is 15.9 Å². The zero-order valence-corrected chi connectivity index (χ0v) is 23.3. The Morgan fingerprint density at radius 3 is 2.39 bits per heavy atom. The lowest BCUT2D eigenvalue weighted by Gasteiger charge is -2.32. The Kier molecular flexibility index (Phi) is 7.78. The van der Waals surface area contributed by atoms with Crippen molar-refractivity contribution >= 4 is 39.7 Å². The van der Waals surface area contributed by atoms with Crippen molar-refractivity contribution in [3.05, 3.63) is 102 Å². The van der Waals surface area contributed by atoms with Crippen molar-refractivity contribution in [1.29, 1.82) is 0 Å². The van der Waals surface area contributed by atoms with Crippen LogP contribution in [0.1, 0.15) is 30.0 Å². The predicted molar refractivity (Wildman–Crippen MR) is 163 cm³/mol. The quantitative estimate of drug-likeness (QED) is 0.166. The molecule has 2 unspecified atom stereocenters. The molecular weight excluding hydrogens is 538 g/mol. The number of rotatable bonds is 8. The fraction of sp³-hybridized carbons (Fsp3) is 0.161. The highest BCUT2D eigenvalue weighted by atomic mass is 32.2. The molecule has 0 radical (unpaired) electrons. The molecule has 9 nitrogen and oxygen atoms in total. The summed E-state index contributed by atoms with van der Waals surface area (Å²) in [5.41, 5.74) is 8.30. The number of nitrogens with zero attached hydrogens (tertiary/aromatic N) is 2. The van der Waals surface area contributed by atoms with Crippen LogP contribution < -0.4 is 20.8 Å². The third-order valence-corrected chi connectivity index (χ3v) is 8.31. The van der Waals surface area contributed by atoms with E-state index in [-0.39, 0.29) is 22.6 Å². The van der Waals surface area contributed by atoms with Gasteiger partial charge in [-0.25, -0.2) is 13.6 Å². The van der Waals surface area contributed by atoms with Gasteiger partial charge in [0.15, 0.2) is 0 Å². The number of nitrogens with one attached hydrogen (secondary N) is 2. The fourth-order valence-electron chi connectivity index (χ4n) is 5.34. The third kappa shape index (κ3) is 5.93. The first-order chi connectivity index (χ1) is 19.7. The fourth-order valence-corrected chi connectivity index (χ4v) is 6.10. The van der Waals surface area contributed by atoms with E-state index in [0.29, 0.717) is 23.2 Å². The van der Waals surface area contributed by atoms with E-state index in [1.165, 1.54) is 6.07 Å². The SMILES string of the molecule is C=NNc1cc(N2C(C(=O)Nc3ccc(-c4ccccc4S(N)(=O)=O)cc3)CCC2c2ccc(O)cc2)ccc1C. The molecule has 10 heteroatoms. The molecule has 1 aliphatic heterocycles. The van der Waals surface area contributed by atoms with Crippen LogP contribution in [0.25, 0.3) is 11.1 Å². The van der Waals surface area contributed by atoms with Gasteiger partial charge in [-0.3, -0.25) is 10.2 Å². The van der Waals surface area contributed by atoms with Crippen LogP contribution in [0, 0.1) is 6.92 Å². The topological polar surface area (TPSA) is 137 Å². The Morgan fingerprint density at radius 2 is 1.71 bits per heavy atom. The summed E-state index contributed by atoms with van der Waals surface area (Å²) >= 11 is 0. The normalized spacial score (nSPS) is 16.8. The summed E-state index contributed by atoms with van der Waals surface area (Å²) in [5.74, 6) is 0.0162. The number of nitrogens with two attached hydrogens (primary N) is 1. The minimum atomic E-state index is -3.90. The molecule has 1 saturated heterocycles. The van der Waals surface area contributed by atoms with Gasteiger partial charge in [0, 0.05) is 23.7 Å². The van der Waals surface area contributed by atoms with Crippen molar-refractivity contribution in [2.75, 3.05) is 15.6 Å². The number of hydrogen-bond donors (Lipinski definition) is 4. The standard InChI is InChI=1S/C31H31N5O4S/c1-20-7-14-24(19-27(20)35-33-2)36-28(22-10-15-25(37)16-11-22)17-18-29(36)31(38)34-23-12-8-21(9-13-23)26-5-3-4-6-30(26)41(32,39)40/h3-16,19,28-29,35,37H,2,17-18H2,1H3,(H,34,38)(H2,32,39,40). The molecule has 210 valence electrons. The van der Waals surface area contributed by atoms with Gasteiger partial charge in [-0.1, -0.05) is 48.5 Å². The second-order valence-corrected chi connectivity index (χ2v) is 11.5. The number of amides is 1. The highest BCUT2D eigenvalue weighted by Gasteiger charge is 2.39. The van der Waals surface area contributed by atoms with E-state index in [2.05, 4.69) is 27.5 Å². The average Bonchev–Trinajstić information content (AvgIpc) is 3.40. The molecule has 1 amide bonds. The maximum atomic E-state index is 13.7. The number of sulfonamides is 1. The summed E-state index contributed by atoms with van der Waals surface area (Å²) in [4.78, 5) is 15.9. The molecule has 5 N–H and O–H groups in total. The van der Waals surface area contributed by atoms with Gasteiger partial charge >= 0.3 is 0 Å². The van der Waals surface area contributed by atoms with Crippen LogP contribution in [0.2, 0.25) is 0 Å². The number of primary sulfonamides is 1. The van der Waals surface area contributed by atoms with Gasteiger partial charge in [-0.2, -0.15) is 5.10 Å². The van der Waals surface area contributed by atoms with E-state index in [4.69, 9.17) is 5.14 Å². The van der Waals surface area contributed by atoms with E-state index in [0.717, 1.165) is 28.9 Å². The molecule has 4 aromatic carbocycles. The van der Waals surface area contributed by atoms with Crippen LogP contribution in [-0.2, 0) is 14.8 Å². The van der Waals surface area contributed by atoms with Crippen LogP contribution in [-0.4, -0.2) is 32.2 Å². The van der Waals surface area contributed by atoms with Gasteiger partial charge in [0.05, 0.1) is 16.6 Å². The highest BCUT2D eigenvalue weighted by Crippen LogP contribution is 2.42. The number of hydrazone groups is 1. The van der Waals surface area contributed by atoms with E-state index >= 15 is 0 Å². The lowest BCUT2D eigenvalue weighted by atomic mass is 10.0. The first-order valence-corrected chi connectivity index (χ1v) is 14.6. The minimum absolute atomic E-state index is 0.0391. The molecular formula is C31H31N5O4S. The van der Waals surface area contributed by atoms with Crippen molar-refractivity contribution in [2.24, 2.45) is 10.2 Å². The molecule has 0 spiro atoms. The molecule has 0 aromatic heterocycles. The van der Waals surface area contributed by atoms with Crippen LogP contribution in [0.3, 0.4) is 0 Å². The zero-order chi connectivity index (χ0) is 29.1. The summed E-state index contributed by atoms with van der Waals surface area (Å²) < 4.78 is 24.1. The van der Waals surface area contributed by atoms with Gasteiger partial charge in [0.25, 0.3) is 0 Å².